The highest BCUT2D eigenvalue weighted by Gasteiger charge is 2.18. The number of pyridine rings is 1. The van der Waals surface area contributed by atoms with Crippen molar-refractivity contribution in [1.82, 2.24) is 9.88 Å². The Hall–Kier alpha value is -1.13. The van der Waals surface area contributed by atoms with Crippen LogP contribution in [-0.2, 0) is 0 Å². The van der Waals surface area contributed by atoms with E-state index in [4.69, 9.17) is 16.7 Å². The van der Waals surface area contributed by atoms with Gasteiger partial charge in [0.25, 0.3) is 5.91 Å². The number of nitrogens with zero attached hydrogens (tertiary/aromatic N) is 2. The third-order valence-electron chi connectivity index (χ3n) is 2.17. The maximum atomic E-state index is 12.0. The van der Waals surface area contributed by atoms with Crippen molar-refractivity contribution in [1.29, 1.82) is 0 Å². The Balaban J connectivity index is 2.86. The maximum Gasteiger partial charge on any atom is 0.272 e. The molecule has 1 aromatic heterocycles. The summed E-state index contributed by atoms with van der Waals surface area (Å²) >= 11 is 5.69. The van der Waals surface area contributed by atoms with E-state index in [1.807, 2.05) is 13.8 Å². The number of aliphatic hydroxyl groups excluding tert-OH is 1. The van der Waals surface area contributed by atoms with E-state index in [1.54, 1.807) is 17.0 Å². The minimum Gasteiger partial charge on any atom is -0.395 e. The molecule has 0 radical (unpaired) electrons. The molecular weight excluding hydrogens is 228 g/mol. The minimum atomic E-state index is -0.194. The van der Waals surface area contributed by atoms with E-state index in [0.717, 1.165) is 0 Å². The number of aromatic nitrogens is 1. The number of rotatable bonds is 4. The predicted octanol–water partition coefficient (Wildman–Crippen LogP) is 1.58. The van der Waals surface area contributed by atoms with Crippen LogP contribution in [0.5, 0.6) is 0 Å². The zero-order valence-corrected chi connectivity index (χ0v) is 10.1. The summed E-state index contributed by atoms with van der Waals surface area (Å²) in [5, 5.41) is 9.39. The molecule has 5 heteroatoms. The fourth-order valence-corrected chi connectivity index (χ4v) is 1.46. The quantitative estimate of drug-likeness (QED) is 0.872. The Morgan fingerprint density at radius 2 is 2.25 bits per heavy atom. The van der Waals surface area contributed by atoms with Crippen LogP contribution in [0.3, 0.4) is 0 Å². The highest BCUT2D eigenvalue weighted by molar-refractivity contribution is 6.30. The first kappa shape index (κ1) is 12.9. The molecule has 1 aromatic rings. The van der Waals surface area contributed by atoms with Crippen molar-refractivity contribution in [3.63, 3.8) is 0 Å². The fourth-order valence-electron chi connectivity index (χ4n) is 1.35. The van der Waals surface area contributed by atoms with Gasteiger partial charge in [0.15, 0.2) is 0 Å². The van der Waals surface area contributed by atoms with Crippen molar-refractivity contribution in [3.05, 3.63) is 29.0 Å². The van der Waals surface area contributed by atoms with Gasteiger partial charge < -0.3 is 10.0 Å². The van der Waals surface area contributed by atoms with Crippen molar-refractivity contribution in [2.24, 2.45) is 0 Å². The fraction of sp³-hybridized carbons (Fsp3) is 0.455. The first-order valence-electron chi connectivity index (χ1n) is 5.09. The molecule has 1 amide bonds. The summed E-state index contributed by atoms with van der Waals surface area (Å²) in [5.74, 6) is -0.194. The van der Waals surface area contributed by atoms with Crippen LogP contribution in [0.15, 0.2) is 18.3 Å². The number of amides is 1. The Kier molecular flexibility index (Phi) is 4.71. The molecule has 0 spiro atoms. The molecule has 0 aliphatic heterocycles. The lowest BCUT2D eigenvalue weighted by Crippen LogP contribution is -2.39. The monoisotopic (exact) mass is 242 g/mol. The lowest BCUT2D eigenvalue weighted by Gasteiger charge is -2.25. The van der Waals surface area contributed by atoms with Crippen LogP contribution in [-0.4, -0.2) is 40.1 Å². The second-order valence-corrected chi connectivity index (χ2v) is 4.11. The van der Waals surface area contributed by atoms with E-state index in [0.29, 0.717) is 17.3 Å². The lowest BCUT2D eigenvalue weighted by atomic mass is 10.2. The largest absolute Gasteiger partial charge is 0.395 e. The van der Waals surface area contributed by atoms with Crippen LogP contribution < -0.4 is 0 Å². The molecule has 0 fully saturated rings. The van der Waals surface area contributed by atoms with Gasteiger partial charge in [-0.25, -0.2) is 4.98 Å². The molecule has 0 aliphatic rings. The standard InChI is InChI=1S/C11H15ClN2O2/c1-8(2)14(5-6-15)11(16)10-4-3-9(12)7-13-10/h3-4,7-8,15H,5-6H2,1-2H3. The van der Waals surface area contributed by atoms with Gasteiger partial charge in [0.1, 0.15) is 5.69 Å². The second-order valence-electron chi connectivity index (χ2n) is 3.68. The van der Waals surface area contributed by atoms with E-state index in [1.165, 1.54) is 6.20 Å². The summed E-state index contributed by atoms with van der Waals surface area (Å²) in [6.45, 7) is 4.03. The maximum absolute atomic E-state index is 12.0. The molecule has 0 atom stereocenters. The van der Waals surface area contributed by atoms with Gasteiger partial charge in [-0.15, -0.1) is 0 Å². The molecule has 1 heterocycles. The van der Waals surface area contributed by atoms with E-state index in [9.17, 15) is 4.79 Å². The average molecular weight is 243 g/mol. The van der Waals surface area contributed by atoms with Crippen LogP contribution in [0.25, 0.3) is 0 Å². The Morgan fingerprint density at radius 3 is 2.69 bits per heavy atom. The molecule has 0 aliphatic carbocycles. The van der Waals surface area contributed by atoms with E-state index >= 15 is 0 Å². The van der Waals surface area contributed by atoms with Gasteiger partial charge in [-0.3, -0.25) is 4.79 Å². The SMILES string of the molecule is CC(C)N(CCO)C(=O)c1ccc(Cl)cn1. The highest BCUT2D eigenvalue weighted by Crippen LogP contribution is 2.10. The second kappa shape index (κ2) is 5.82. The number of hydrogen-bond donors (Lipinski definition) is 1. The zero-order valence-electron chi connectivity index (χ0n) is 9.35. The van der Waals surface area contributed by atoms with Crippen LogP contribution in [0.1, 0.15) is 24.3 Å². The molecule has 0 saturated heterocycles. The topological polar surface area (TPSA) is 53.4 Å². The van der Waals surface area contributed by atoms with Gasteiger partial charge >= 0.3 is 0 Å². The first-order valence-corrected chi connectivity index (χ1v) is 5.47. The van der Waals surface area contributed by atoms with Gasteiger partial charge in [-0.2, -0.15) is 0 Å². The molecular formula is C11H15ClN2O2. The lowest BCUT2D eigenvalue weighted by molar-refractivity contribution is 0.0659. The number of carbonyl (C=O) groups is 1. The summed E-state index contributed by atoms with van der Waals surface area (Å²) < 4.78 is 0. The van der Waals surface area contributed by atoms with Gasteiger partial charge in [-0.05, 0) is 26.0 Å². The molecule has 0 saturated carbocycles. The van der Waals surface area contributed by atoms with Crippen LogP contribution in [0.4, 0.5) is 0 Å². The van der Waals surface area contributed by atoms with Crippen LogP contribution in [0.2, 0.25) is 5.02 Å². The van der Waals surface area contributed by atoms with Crippen molar-refractivity contribution >= 4 is 17.5 Å². The van der Waals surface area contributed by atoms with E-state index in [2.05, 4.69) is 4.98 Å². The van der Waals surface area contributed by atoms with Crippen LogP contribution in [0, 0.1) is 0 Å². The molecule has 16 heavy (non-hydrogen) atoms. The highest BCUT2D eigenvalue weighted by atomic mass is 35.5. The number of hydrogen-bond acceptors (Lipinski definition) is 3. The molecule has 0 bridgehead atoms. The Labute approximate surface area is 99.9 Å². The Bertz CT molecular complexity index is 352. The average Bonchev–Trinajstić information content (AvgIpc) is 2.25. The first-order chi connectivity index (χ1) is 7.56. The van der Waals surface area contributed by atoms with Crippen LogP contribution >= 0.6 is 11.6 Å². The normalized spacial score (nSPS) is 10.6. The molecule has 1 rings (SSSR count). The summed E-state index contributed by atoms with van der Waals surface area (Å²) in [6.07, 6.45) is 1.44. The minimum absolute atomic E-state index is 0.0251. The van der Waals surface area contributed by atoms with Gasteiger partial charge in [0.2, 0.25) is 0 Å². The number of halogens is 1. The molecule has 0 aromatic carbocycles. The van der Waals surface area contributed by atoms with E-state index in [-0.39, 0.29) is 18.6 Å². The number of carbonyl (C=O) groups excluding carboxylic acids is 1. The Morgan fingerprint density at radius 1 is 1.56 bits per heavy atom. The van der Waals surface area contributed by atoms with Crippen molar-refractivity contribution in [2.75, 3.05) is 13.2 Å². The van der Waals surface area contributed by atoms with Gasteiger partial charge in [-0.1, -0.05) is 11.6 Å². The summed E-state index contributed by atoms with van der Waals surface area (Å²) in [5.41, 5.74) is 0.339. The molecule has 88 valence electrons. The third-order valence-corrected chi connectivity index (χ3v) is 2.40. The van der Waals surface area contributed by atoms with Crippen molar-refractivity contribution < 1.29 is 9.90 Å². The van der Waals surface area contributed by atoms with Gasteiger partial charge in [0, 0.05) is 18.8 Å². The predicted molar refractivity (Wildman–Crippen MR) is 62.5 cm³/mol. The molecule has 4 nitrogen and oxygen atoms in total. The molecule has 0 unspecified atom stereocenters. The van der Waals surface area contributed by atoms with Crippen molar-refractivity contribution in [2.45, 2.75) is 19.9 Å². The summed E-state index contributed by atoms with van der Waals surface area (Å²) in [6, 6.07) is 3.23. The molecule has 1 N–H and O–H groups in total. The van der Waals surface area contributed by atoms with Gasteiger partial charge in [0.05, 0.1) is 11.6 Å². The smallest absolute Gasteiger partial charge is 0.272 e. The third kappa shape index (κ3) is 3.18. The summed E-state index contributed by atoms with van der Waals surface area (Å²) in [7, 11) is 0. The van der Waals surface area contributed by atoms with Crippen molar-refractivity contribution in [3.8, 4) is 0 Å². The zero-order chi connectivity index (χ0) is 12.1. The van der Waals surface area contributed by atoms with E-state index < -0.39 is 0 Å². The summed E-state index contributed by atoms with van der Waals surface area (Å²) in [4.78, 5) is 17.5. The number of aliphatic hydroxyl groups is 1.